The molecule has 2 aliphatic rings. The second-order valence-electron chi connectivity index (χ2n) is 7.05. The summed E-state index contributed by atoms with van der Waals surface area (Å²) in [6.45, 7) is 7.81. The molecular weight excluding hydrogens is 258 g/mol. The fraction of sp³-hybridized carbons (Fsp3) is 0.684. The molecule has 3 atom stereocenters. The van der Waals surface area contributed by atoms with Crippen LogP contribution in [0.25, 0.3) is 0 Å². The molecule has 3 rings (SSSR count). The van der Waals surface area contributed by atoms with Crippen molar-refractivity contribution in [3.05, 3.63) is 29.3 Å². The van der Waals surface area contributed by atoms with Gasteiger partial charge in [0, 0.05) is 18.0 Å². The molecule has 0 amide bonds. The number of hydrogen-bond donors (Lipinski definition) is 1. The molecule has 21 heavy (non-hydrogen) atoms. The largest absolute Gasteiger partial charge is 0.487 e. The van der Waals surface area contributed by atoms with Crippen molar-refractivity contribution in [1.82, 2.24) is 5.32 Å². The number of ether oxygens (including phenoxy) is 1. The maximum atomic E-state index is 6.54. The van der Waals surface area contributed by atoms with Crippen molar-refractivity contribution in [3.63, 3.8) is 0 Å². The molecule has 0 aromatic heterocycles. The molecule has 0 bridgehead atoms. The maximum absolute atomic E-state index is 6.54. The van der Waals surface area contributed by atoms with Crippen molar-refractivity contribution in [1.29, 1.82) is 0 Å². The van der Waals surface area contributed by atoms with Gasteiger partial charge in [-0.25, -0.2) is 0 Å². The van der Waals surface area contributed by atoms with Crippen LogP contribution in [0.4, 0.5) is 0 Å². The second-order valence-corrected chi connectivity index (χ2v) is 7.05. The first-order valence-electron chi connectivity index (χ1n) is 8.69. The Morgan fingerprint density at radius 1 is 1.29 bits per heavy atom. The van der Waals surface area contributed by atoms with E-state index in [1.807, 2.05) is 0 Å². The van der Waals surface area contributed by atoms with Gasteiger partial charge in [-0.2, -0.15) is 0 Å². The lowest BCUT2D eigenvalue weighted by Crippen LogP contribution is -2.42. The quantitative estimate of drug-likeness (QED) is 0.861. The Bertz CT molecular complexity index is 498. The van der Waals surface area contributed by atoms with Gasteiger partial charge >= 0.3 is 0 Å². The van der Waals surface area contributed by atoms with E-state index in [0.29, 0.717) is 6.04 Å². The summed E-state index contributed by atoms with van der Waals surface area (Å²) in [5, 5.41) is 3.76. The monoisotopic (exact) mass is 287 g/mol. The summed E-state index contributed by atoms with van der Waals surface area (Å²) < 4.78 is 6.54. The average molecular weight is 287 g/mol. The van der Waals surface area contributed by atoms with Gasteiger partial charge in [0.2, 0.25) is 0 Å². The molecule has 2 heteroatoms. The number of benzene rings is 1. The number of aryl methyl sites for hydroxylation is 1. The van der Waals surface area contributed by atoms with E-state index in [2.05, 4.69) is 44.3 Å². The van der Waals surface area contributed by atoms with Gasteiger partial charge in [-0.15, -0.1) is 0 Å². The predicted octanol–water partition coefficient (Wildman–Crippen LogP) is 4.77. The van der Waals surface area contributed by atoms with Crippen LogP contribution in [-0.4, -0.2) is 12.1 Å². The van der Waals surface area contributed by atoms with E-state index in [9.17, 15) is 0 Å². The number of hydrogen-bond acceptors (Lipinski definition) is 2. The zero-order valence-electron chi connectivity index (χ0n) is 13.7. The standard InChI is InChI=1S/C19H29NO/c1-4-10-20-17-13-19(9-8-15(5-2)12-19)21-18-7-6-14(3)11-16(17)18/h6-7,11,15,17,20H,4-5,8-10,12-13H2,1-3H3. The lowest BCUT2D eigenvalue weighted by Gasteiger charge is -2.41. The van der Waals surface area contributed by atoms with Gasteiger partial charge in [0.1, 0.15) is 11.4 Å². The zero-order valence-corrected chi connectivity index (χ0v) is 13.7. The Balaban J connectivity index is 1.88. The lowest BCUT2D eigenvalue weighted by atomic mass is 9.84. The molecule has 0 radical (unpaired) electrons. The highest BCUT2D eigenvalue weighted by Gasteiger charge is 2.45. The topological polar surface area (TPSA) is 21.3 Å². The first-order valence-corrected chi connectivity index (χ1v) is 8.69. The van der Waals surface area contributed by atoms with Crippen molar-refractivity contribution in [2.75, 3.05) is 6.54 Å². The fourth-order valence-corrected chi connectivity index (χ4v) is 4.11. The first kappa shape index (κ1) is 14.9. The highest BCUT2D eigenvalue weighted by molar-refractivity contribution is 5.42. The Hall–Kier alpha value is -1.02. The van der Waals surface area contributed by atoms with E-state index in [1.54, 1.807) is 0 Å². The lowest BCUT2D eigenvalue weighted by molar-refractivity contribution is 0.0328. The normalized spacial score (nSPS) is 31.2. The third kappa shape index (κ3) is 2.96. The van der Waals surface area contributed by atoms with E-state index >= 15 is 0 Å². The summed E-state index contributed by atoms with van der Waals surface area (Å²) in [5.74, 6) is 1.97. The summed E-state index contributed by atoms with van der Waals surface area (Å²) in [4.78, 5) is 0. The fourth-order valence-electron chi connectivity index (χ4n) is 4.11. The summed E-state index contributed by atoms with van der Waals surface area (Å²) in [5.41, 5.74) is 2.79. The van der Waals surface area contributed by atoms with Crippen molar-refractivity contribution in [3.8, 4) is 5.75 Å². The van der Waals surface area contributed by atoms with E-state index in [-0.39, 0.29) is 5.60 Å². The van der Waals surface area contributed by atoms with E-state index in [0.717, 1.165) is 24.6 Å². The van der Waals surface area contributed by atoms with Crippen LogP contribution in [0.3, 0.4) is 0 Å². The van der Waals surface area contributed by atoms with Gasteiger partial charge < -0.3 is 10.1 Å². The molecule has 1 aromatic rings. The zero-order chi connectivity index (χ0) is 14.9. The molecule has 1 heterocycles. The Kier molecular flexibility index (Phi) is 4.26. The van der Waals surface area contributed by atoms with Crippen LogP contribution in [0.1, 0.15) is 69.5 Å². The highest BCUT2D eigenvalue weighted by atomic mass is 16.5. The number of nitrogens with one attached hydrogen (secondary N) is 1. The van der Waals surface area contributed by atoms with Crippen LogP contribution in [0.15, 0.2) is 18.2 Å². The van der Waals surface area contributed by atoms with Crippen molar-refractivity contribution in [2.45, 2.75) is 70.9 Å². The van der Waals surface area contributed by atoms with Crippen LogP contribution < -0.4 is 10.1 Å². The molecular formula is C19H29NO. The second kappa shape index (κ2) is 6.00. The van der Waals surface area contributed by atoms with Crippen molar-refractivity contribution in [2.24, 2.45) is 5.92 Å². The third-order valence-corrected chi connectivity index (χ3v) is 5.33. The summed E-state index contributed by atoms with van der Waals surface area (Å²) >= 11 is 0. The molecule has 1 N–H and O–H groups in total. The van der Waals surface area contributed by atoms with Gasteiger partial charge in [0.25, 0.3) is 0 Å². The smallest absolute Gasteiger partial charge is 0.124 e. The first-order chi connectivity index (χ1) is 10.2. The summed E-state index contributed by atoms with van der Waals surface area (Å²) in [6.07, 6.45) is 7.41. The van der Waals surface area contributed by atoms with Gasteiger partial charge in [0.15, 0.2) is 0 Å². The molecule has 116 valence electrons. The van der Waals surface area contributed by atoms with Crippen LogP contribution in [0, 0.1) is 12.8 Å². The van der Waals surface area contributed by atoms with Gasteiger partial charge in [-0.05, 0) is 51.1 Å². The molecule has 1 fully saturated rings. The van der Waals surface area contributed by atoms with Crippen molar-refractivity contribution >= 4 is 0 Å². The number of rotatable bonds is 4. The Labute approximate surface area is 129 Å². The van der Waals surface area contributed by atoms with E-state index in [1.165, 1.54) is 43.2 Å². The van der Waals surface area contributed by atoms with Crippen LogP contribution >= 0.6 is 0 Å². The third-order valence-electron chi connectivity index (χ3n) is 5.33. The van der Waals surface area contributed by atoms with E-state index < -0.39 is 0 Å². The molecule has 1 aliphatic carbocycles. The van der Waals surface area contributed by atoms with Gasteiger partial charge in [-0.1, -0.05) is 38.0 Å². The summed E-state index contributed by atoms with van der Waals surface area (Å²) in [6, 6.07) is 7.14. The Morgan fingerprint density at radius 2 is 2.14 bits per heavy atom. The molecule has 0 saturated heterocycles. The molecule has 1 saturated carbocycles. The molecule has 1 aliphatic heterocycles. The SMILES string of the molecule is CCCNC1CC2(CCC(CC)C2)Oc2ccc(C)cc21. The van der Waals surface area contributed by atoms with Crippen molar-refractivity contribution < 1.29 is 4.74 Å². The minimum Gasteiger partial charge on any atom is -0.487 e. The maximum Gasteiger partial charge on any atom is 0.124 e. The molecule has 1 spiro atoms. The van der Waals surface area contributed by atoms with Gasteiger partial charge in [0.05, 0.1) is 0 Å². The van der Waals surface area contributed by atoms with Crippen LogP contribution in [0.2, 0.25) is 0 Å². The van der Waals surface area contributed by atoms with Gasteiger partial charge in [-0.3, -0.25) is 0 Å². The minimum absolute atomic E-state index is 0.0916. The van der Waals surface area contributed by atoms with Crippen LogP contribution in [0.5, 0.6) is 5.75 Å². The molecule has 3 unspecified atom stereocenters. The average Bonchev–Trinajstić information content (AvgIpc) is 2.88. The summed E-state index contributed by atoms with van der Waals surface area (Å²) in [7, 11) is 0. The predicted molar refractivity (Wildman–Crippen MR) is 87.8 cm³/mol. The van der Waals surface area contributed by atoms with E-state index in [4.69, 9.17) is 4.74 Å². The highest BCUT2D eigenvalue weighted by Crippen LogP contribution is 2.49. The molecule has 2 nitrogen and oxygen atoms in total. The minimum atomic E-state index is 0.0916. The van der Waals surface area contributed by atoms with Crippen LogP contribution in [-0.2, 0) is 0 Å². The Morgan fingerprint density at radius 3 is 2.86 bits per heavy atom. The molecule has 1 aromatic carbocycles. The number of fused-ring (bicyclic) bond motifs is 1.